The molecule has 2 rings (SSSR count). The number of nitrogen functional groups attached to an aromatic ring is 1. The van der Waals surface area contributed by atoms with Gasteiger partial charge in [0.05, 0.1) is 0 Å². The van der Waals surface area contributed by atoms with E-state index in [1.807, 2.05) is 24.3 Å². The standard InChI is InChI=1S/C17H22N2O/c1-4-17(2,3)14-7-9-15(10-8-14)20-12-13-6-5-11-19-16(13)18/h5-11H,4,12H2,1-3H3,(H2,18,19). The second kappa shape index (κ2) is 5.95. The van der Waals surface area contributed by atoms with Crippen LogP contribution in [-0.2, 0) is 12.0 Å². The Bertz CT molecular complexity index is 561. The maximum Gasteiger partial charge on any atom is 0.129 e. The largest absolute Gasteiger partial charge is 0.489 e. The lowest BCUT2D eigenvalue weighted by atomic mass is 9.82. The van der Waals surface area contributed by atoms with E-state index in [4.69, 9.17) is 10.5 Å². The van der Waals surface area contributed by atoms with Gasteiger partial charge in [-0.05, 0) is 35.6 Å². The van der Waals surface area contributed by atoms with Gasteiger partial charge < -0.3 is 10.5 Å². The molecule has 1 aromatic carbocycles. The first-order chi connectivity index (χ1) is 9.53. The minimum absolute atomic E-state index is 0.201. The van der Waals surface area contributed by atoms with Gasteiger partial charge in [-0.3, -0.25) is 0 Å². The molecule has 1 aromatic heterocycles. The van der Waals surface area contributed by atoms with Crippen LogP contribution in [0.1, 0.15) is 38.3 Å². The maximum atomic E-state index is 5.79. The van der Waals surface area contributed by atoms with Crippen molar-refractivity contribution in [1.82, 2.24) is 4.98 Å². The van der Waals surface area contributed by atoms with Crippen LogP contribution in [0, 0.1) is 0 Å². The first-order valence-electron chi connectivity index (χ1n) is 6.95. The second-order valence-electron chi connectivity index (χ2n) is 5.60. The molecule has 0 atom stereocenters. The summed E-state index contributed by atoms with van der Waals surface area (Å²) < 4.78 is 5.75. The van der Waals surface area contributed by atoms with E-state index in [1.165, 1.54) is 5.56 Å². The van der Waals surface area contributed by atoms with E-state index in [-0.39, 0.29) is 5.41 Å². The lowest BCUT2D eigenvalue weighted by Crippen LogP contribution is -2.15. The molecule has 1 heterocycles. The molecule has 0 aliphatic heterocycles. The highest BCUT2D eigenvalue weighted by molar-refractivity contribution is 5.38. The van der Waals surface area contributed by atoms with Crippen LogP contribution in [0.4, 0.5) is 5.82 Å². The van der Waals surface area contributed by atoms with Crippen molar-refractivity contribution in [3.05, 3.63) is 53.7 Å². The molecule has 106 valence electrons. The van der Waals surface area contributed by atoms with E-state index in [9.17, 15) is 0 Å². The van der Waals surface area contributed by atoms with Crippen LogP contribution >= 0.6 is 0 Å². The van der Waals surface area contributed by atoms with Gasteiger partial charge in [0.1, 0.15) is 18.2 Å². The number of hydrogen-bond acceptors (Lipinski definition) is 3. The van der Waals surface area contributed by atoms with Crippen LogP contribution in [0.5, 0.6) is 5.75 Å². The van der Waals surface area contributed by atoms with Crippen LogP contribution < -0.4 is 10.5 Å². The van der Waals surface area contributed by atoms with E-state index in [0.29, 0.717) is 12.4 Å². The molecule has 3 heteroatoms. The fourth-order valence-electron chi connectivity index (χ4n) is 1.94. The normalized spacial score (nSPS) is 11.3. The van der Waals surface area contributed by atoms with Gasteiger partial charge in [0.15, 0.2) is 0 Å². The highest BCUT2D eigenvalue weighted by atomic mass is 16.5. The Morgan fingerprint density at radius 3 is 2.45 bits per heavy atom. The fraction of sp³-hybridized carbons (Fsp3) is 0.353. The third-order valence-corrected chi connectivity index (χ3v) is 3.84. The number of pyridine rings is 1. The molecule has 0 radical (unpaired) electrons. The summed E-state index contributed by atoms with van der Waals surface area (Å²) in [5.74, 6) is 1.38. The average Bonchev–Trinajstić information content (AvgIpc) is 2.47. The van der Waals surface area contributed by atoms with Crippen LogP contribution in [0.25, 0.3) is 0 Å². The van der Waals surface area contributed by atoms with Gasteiger partial charge in [0, 0.05) is 11.8 Å². The first kappa shape index (κ1) is 14.4. The molecule has 2 aromatic rings. The van der Waals surface area contributed by atoms with Crippen molar-refractivity contribution in [2.45, 2.75) is 39.2 Å². The third-order valence-electron chi connectivity index (χ3n) is 3.84. The zero-order chi connectivity index (χ0) is 14.6. The SMILES string of the molecule is CCC(C)(C)c1ccc(OCc2cccnc2N)cc1. The highest BCUT2D eigenvalue weighted by Gasteiger charge is 2.17. The molecule has 0 aliphatic rings. The van der Waals surface area contributed by atoms with E-state index in [2.05, 4.69) is 37.9 Å². The summed E-state index contributed by atoms with van der Waals surface area (Å²) in [4.78, 5) is 4.05. The number of anilines is 1. The Hall–Kier alpha value is -2.03. The molecule has 0 bridgehead atoms. The van der Waals surface area contributed by atoms with E-state index < -0.39 is 0 Å². The summed E-state index contributed by atoms with van der Waals surface area (Å²) >= 11 is 0. The molecular weight excluding hydrogens is 248 g/mol. The molecular formula is C17H22N2O. The predicted molar refractivity (Wildman–Crippen MR) is 82.7 cm³/mol. The number of rotatable bonds is 5. The zero-order valence-corrected chi connectivity index (χ0v) is 12.4. The second-order valence-corrected chi connectivity index (χ2v) is 5.60. The van der Waals surface area contributed by atoms with Crippen LogP contribution in [0.2, 0.25) is 0 Å². The van der Waals surface area contributed by atoms with Crippen molar-refractivity contribution in [2.75, 3.05) is 5.73 Å². The molecule has 20 heavy (non-hydrogen) atoms. The van der Waals surface area contributed by atoms with Crippen LogP contribution in [-0.4, -0.2) is 4.98 Å². The quantitative estimate of drug-likeness (QED) is 0.895. The number of nitrogens with zero attached hydrogens (tertiary/aromatic N) is 1. The van der Waals surface area contributed by atoms with Gasteiger partial charge in [-0.15, -0.1) is 0 Å². The highest BCUT2D eigenvalue weighted by Crippen LogP contribution is 2.28. The first-order valence-corrected chi connectivity index (χ1v) is 6.95. The lowest BCUT2D eigenvalue weighted by molar-refractivity contribution is 0.306. The summed E-state index contributed by atoms with van der Waals surface area (Å²) in [6.07, 6.45) is 2.79. The summed E-state index contributed by atoms with van der Waals surface area (Å²) in [6, 6.07) is 12.1. The number of ether oxygens (including phenoxy) is 1. The molecule has 0 saturated carbocycles. The molecule has 0 unspecified atom stereocenters. The zero-order valence-electron chi connectivity index (χ0n) is 12.4. The smallest absolute Gasteiger partial charge is 0.129 e. The van der Waals surface area contributed by atoms with E-state index in [1.54, 1.807) is 6.20 Å². The Morgan fingerprint density at radius 1 is 1.15 bits per heavy atom. The topological polar surface area (TPSA) is 48.1 Å². The van der Waals surface area contributed by atoms with Gasteiger partial charge >= 0.3 is 0 Å². The maximum absolute atomic E-state index is 5.79. The molecule has 3 nitrogen and oxygen atoms in total. The van der Waals surface area contributed by atoms with Crippen molar-refractivity contribution in [3.8, 4) is 5.75 Å². The summed E-state index contributed by atoms with van der Waals surface area (Å²) in [5, 5.41) is 0. The number of hydrogen-bond donors (Lipinski definition) is 1. The fourth-order valence-corrected chi connectivity index (χ4v) is 1.94. The molecule has 0 amide bonds. The van der Waals surface area contributed by atoms with E-state index >= 15 is 0 Å². The molecule has 0 fully saturated rings. The molecule has 0 aliphatic carbocycles. The van der Waals surface area contributed by atoms with Gasteiger partial charge in [0.2, 0.25) is 0 Å². The van der Waals surface area contributed by atoms with Gasteiger partial charge in [-0.25, -0.2) is 4.98 Å². The Balaban J connectivity index is 2.03. The van der Waals surface area contributed by atoms with Crippen molar-refractivity contribution in [1.29, 1.82) is 0 Å². The number of benzene rings is 1. The minimum Gasteiger partial charge on any atom is -0.489 e. The number of aromatic nitrogens is 1. The Labute approximate surface area is 120 Å². The summed E-state index contributed by atoms with van der Waals surface area (Å²) in [6.45, 7) is 7.14. The monoisotopic (exact) mass is 270 g/mol. The van der Waals surface area contributed by atoms with Gasteiger partial charge in [0.25, 0.3) is 0 Å². The minimum atomic E-state index is 0.201. The van der Waals surface area contributed by atoms with Gasteiger partial charge in [-0.1, -0.05) is 39.0 Å². The predicted octanol–water partition coefficient (Wildman–Crippen LogP) is 3.93. The Morgan fingerprint density at radius 2 is 1.85 bits per heavy atom. The summed E-state index contributed by atoms with van der Waals surface area (Å²) in [7, 11) is 0. The van der Waals surface area contributed by atoms with Crippen molar-refractivity contribution < 1.29 is 4.74 Å². The molecule has 0 spiro atoms. The Kier molecular flexibility index (Phi) is 4.28. The summed E-state index contributed by atoms with van der Waals surface area (Å²) in [5.41, 5.74) is 8.23. The molecule has 0 saturated heterocycles. The van der Waals surface area contributed by atoms with Crippen molar-refractivity contribution in [3.63, 3.8) is 0 Å². The average molecular weight is 270 g/mol. The van der Waals surface area contributed by atoms with Gasteiger partial charge in [-0.2, -0.15) is 0 Å². The van der Waals surface area contributed by atoms with Crippen molar-refractivity contribution >= 4 is 5.82 Å². The van der Waals surface area contributed by atoms with Crippen LogP contribution in [0.15, 0.2) is 42.6 Å². The van der Waals surface area contributed by atoms with Crippen LogP contribution in [0.3, 0.4) is 0 Å². The van der Waals surface area contributed by atoms with Crippen molar-refractivity contribution in [2.24, 2.45) is 0 Å². The number of nitrogens with two attached hydrogens (primary N) is 1. The van der Waals surface area contributed by atoms with E-state index in [0.717, 1.165) is 17.7 Å². The molecule has 2 N–H and O–H groups in total. The third kappa shape index (κ3) is 3.29. The lowest BCUT2D eigenvalue weighted by Gasteiger charge is -2.23.